The molecular weight excluding hydrogens is 386 g/mol. The van der Waals surface area contributed by atoms with Gasteiger partial charge in [-0.3, -0.25) is 9.48 Å². The molecule has 2 atom stereocenters. The van der Waals surface area contributed by atoms with Crippen LogP contribution in [-0.4, -0.2) is 44.7 Å². The van der Waals surface area contributed by atoms with Gasteiger partial charge in [-0.2, -0.15) is 5.10 Å². The Balaban J connectivity index is 1.62. The molecule has 2 unspecified atom stereocenters. The predicted octanol–water partition coefficient (Wildman–Crippen LogP) is 4.45. The van der Waals surface area contributed by atoms with Gasteiger partial charge in [0.1, 0.15) is 5.82 Å². The molecule has 1 aromatic carbocycles. The fourth-order valence-corrected chi connectivity index (χ4v) is 4.46. The van der Waals surface area contributed by atoms with Gasteiger partial charge < -0.3 is 10.2 Å². The largest absolute Gasteiger partial charge is 0.368 e. The molecule has 3 heterocycles. The Kier molecular flexibility index (Phi) is 6.07. The number of hydrogen-bond donors (Lipinski definition) is 1. The molecule has 6 nitrogen and oxygen atoms in total. The lowest BCUT2D eigenvalue weighted by Crippen LogP contribution is -2.51. The maximum atomic E-state index is 13.8. The minimum atomic E-state index is 0.0955. The van der Waals surface area contributed by atoms with Crippen LogP contribution < -0.4 is 5.32 Å². The van der Waals surface area contributed by atoms with Crippen LogP contribution in [-0.2, 0) is 7.05 Å². The molecule has 1 fully saturated rings. The molecule has 1 aliphatic heterocycles. The molecule has 1 N–H and O–H groups in total. The van der Waals surface area contributed by atoms with Gasteiger partial charge in [0, 0.05) is 43.2 Å². The van der Waals surface area contributed by atoms with Crippen LogP contribution in [0, 0.1) is 19.8 Å². The van der Waals surface area contributed by atoms with E-state index in [1.54, 1.807) is 4.68 Å². The van der Waals surface area contributed by atoms with Gasteiger partial charge in [0.25, 0.3) is 5.91 Å². The van der Waals surface area contributed by atoms with Crippen molar-refractivity contribution < 1.29 is 4.79 Å². The molecule has 1 aliphatic rings. The number of likely N-dealkylation sites (tertiary alicyclic amines) is 1. The van der Waals surface area contributed by atoms with Crippen LogP contribution in [0.2, 0.25) is 0 Å². The van der Waals surface area contributed by atoms with Crippen molar-refractivity contribution >= 4 is 11.7 Å². The number of piperidine rings is 1. The number of nitrogens with zero attached hydrogens (tertiary/aromatic N) is 4. The lowest BCUT2D eigenvalue weighted by molar-refractivity contribution is 0.0540. The molecule has 1 saturated heterocycles. The van der Waals surface area contributed by atoms with E-state index in [-0.39, 0.29) is 11.9 Å². The second kappa shape index (κ2) is 8.92. The van der Waals surface area contributed by atoms with E-state index in [0.717, 1.165) is 53.2 Å². The fourth-order valence-electron chi connectivity index (χ4n) is 4.46. The number of aromatic nitrogens is 3. The fraction of sp³-hybridized carbons (Fsp3) is 0.400. The lowest BCUT2D eigenvalue weighted by atomic mass is 9.89. The first kappa shape index (κ1) is 21.1. The quantitative estimate of drug-likeness (QED) is 0.666. The molecule has 0 bridgehead atoms. The zero-order valence-electron chi connectivity index (χ0n) is 18.8. The van der Waals surface area contributed by atoms with E-state index in [4.69, 9.17) is 0 Å². The van der Waals surface area contributed by atoms with Gasteiger partial charge in [0.05, 0.1) is 12.2 Å². The highest BCUT2D eigenvalue weighted by atomic mass is 16.2. The minimum absolute atomic E-state index is 0.0955. The molecule has 1 amide bonds. The zero-order chi connectivity index (χ0) is 22.0. The summed E-state index contributed by atoms with van der Waals surface area (Å²) in [4.78, 5) is 20.4. The Morgan fingerprint density at radius 2 is 2.06 bits per heavy atom. The normalized spacial score (nSPS) is 18.8. The summed E-state index contributed by atoms with van der Waals surface area (Å²) in [5, 5.41) is 7.76. The third-order valence-electron chi connectivity index (χ3n) is 6.18. The average Bonchev–Trinajstić information content (AvgIpc) is 3.18. The maximum absolute atomic E-state index is 13.8. The second-order valence-electron chi connectivity index (χ2n) is 8.68. The summed E-state index contributed by atoms with van der Waals surface area (Å²) in [6, 6.07) is 12.2. The van der Waals surface area contributed by atoms with E-state index < -0.39 is 0 Å². The van der Waals surface area contributed by atoms with Gasteiger partial charge >= 0.3 is 0 Å². The van der Waals surface area contributed by atoms with Crippen LogP contribution in [0.4, 0.5) is 5.82 Å². The maximum Gasteiger partial charge on any atom is 0.254 e. The van der Waals surface area contributed by atoms with Crippen molar-refractivity contribution in [1.82, 2.24) is 19.7 Å². The van der Waals surface area contributed by atoms with E-state index in [9.17, 15) is 4.79 Å². The molecule has 162 valence electrons. The topological polar surface area (TPSA) is 63.1 Å². The predicted molar refractivity (Wildman–Crippen MR) is 124 cm³/mol. The average molecular weight is 418 g/mol. The van der Waals surface area contributed by atoms with Crippen molar-refractivity contribution in [2.45, 2.75) is 39.7 Å². The molecular formula is C25H31N5O. The summed E-state index contributed by atoms with van der Waals surface area (Å²) < 4.78 is 1.77. The Bertz CT molecular complexity index is 1070. The monoisotopic (exact) mass is 417 g/mol. The Morgan fingerprint density at radius 1 is 1.23 bits per heavy atom. The standard InChI is InChI=1S/C25H31N5O/c1-17-10-11-21(20-14-27-29(4)16-20)22(13-17)25(31)30-12-6-7-18(2)23(30)15-26-24-9-5-8-19(3)28-24/h5,8-11,13-14,16,18,23H,6-7,12,15H2,1-4H3,(H,26,28). The number of carbonyl (C=O) groups excluding carboxylic acids is 1. The van der Waals surface area contributed by atoms with Crippen molar-refractivity contribution in [2.75, 3.05) is 18.4 Å². The van der Waals surface area contributed by atoms with Crippen molar-refractivity contribution in [3.05, 3.63) is 65.6 Å². The van der Waals surface area contributed by atoms with Crippen LogP contribution >= 0.6 is 0 Å². The highest BCUT2D eigenvalue weighted by Gasteiger charge is 2.33. The van der Waals surface area contributed by atoms with Crippen LogP contribution in [0.25, 0.3) is 11.1 Å². The Morgan fingerprint density at radius 3 is 2.81 bits per heavy atom. The SMILES string of the molecule is Cc1ccc(-c2cnn(C)c2)c(C(=O)N2CCCC(C)C2CNc2cccc(C)n2)c1. The van der Waals surface area contributed by atoms with Crippen molar-refractivity contribution in [1.29, 1.82) is 0 Å². The lowest BCUT2D eigenvalue weighted by Gasteiger charge is -2.40. The smallest absolute Gasteiger partial charge is 0.254 e. The summed E-state index contributed by atoms with van der Waals surface area (Å²) >= 11 is 0. The number of anilines is 1. The first-order valence-corrected chi connectivity index (χ1v) is 11.0. The van der Waals surface area contributed by atoms with Crippen LogP contribution in [0.5, 0.6) is 0 Å². The molecule has 3 aromatic rings. The van der Waals surface area contributed by atoms with Gasteiger partial charge in [-0.15, -0.1) is 0 Å². The zero-order valence-corrected chi connectivity index (χ0v) is 18.8. The molecule has 0 radical (unpaired) electrons. The highest BCUT2D eigenvalue weighted by Crippen LogP contribution is 2.30. The first-order valence-electron chi connectivity index (χ1n) is 11.0. The molecule has 0 aliphatic carbocycles. The van der Waals surface area contributed by atoms with Crippen LogP contribution in [0.1, 0.15) is 41.4 Å². The van der Waals surface area contributed by atoms with Crippen molar-refractivity contribution in [3.63, 3.8) is 0 Å². The molecule has 31 heavy (non-hydrogen) atoms. The van der Waals surface area contributed by atoms with Gasteiger partial charge in [-0.25, -0.2) is 4.98 Å². The van der Waals surface area contributed by atoms with Crippen LogP contribution in [0.15, 0.2) is 48.8 Å². The van der Waals surface area contributed by atoms with E-state index in [1.807, 2.05) is 63.6 Å². The number of hydrogen-bond acceptors (Lipinski definition) is 4. The number of nitrogens with one attached hydrogen (secondary N) is 1. The van der Waals surface area contributed by atoms with Gasteiger partial charge in [-0.05, 0) is 56.4 Å². The second-order valence-corrected chi connectivity index (χ2v) is 8.68. The van der Waals surface area contributed by atoms with Crippen molar-refractivity contribution in [3.8, 4) is 11.1 Å². The summed E-state index contributed by atoms with van der Waals surface area (Å²) in [7, 11) is 1.90. The molecule has 6 heteroatoms. The number of rotatable bonds is 5. The van der Waals surface area contributed by atoms with Gasteiger partial charge in [-0.1, -0.05) is 30.7 Å². The number of benzene rings is 1. The summed E-state index contributed by atoms with van der Waals surface area (Å²) in [5.41, 5.74) is 4.72. The number of carbonyl (C=O) groups is 1. The highest BCUT2D eigenvalue weighted by molar-refractivity contribution is 6.01. The molecule has 4 rings (SSSR count). The number of amides is 1. The number of aryl methyl sites for hydroxylation is 3. The van der Waals surface area contributed by atoms with E-state index >= 15 is 0 Å². The molecule has 2 aromatic heterocycles. The molecule has 0 saturated carbocycles. The molecule has 0 spiro atoms. The Hall–Kier alpha value is -3.15. The third kappa shape index (κ3) is 4.63. The van der Waals surface area contributed by atoms with Gasteiger partial charge in [0.2, 0.25) is 0 Å². The first-order chi connectivity index (χ1) is 14.9. The third-order valence-corrected chi connectivity index (χ3v) is 6.18. The Labute approximate surface area is 184 Å². The van der Waals surface area contributed by atoms with E-state index in [2.05, 4.69) is 33.3 Å². The summed E-state index contributed by atoms with van der Waals surface area (Å²) in [5.74, 6) is 1.37. The van der Waals surface area contributed by atoms with E-state index in [0.29, 0.717) is 12.5 Å². The summed E-state index contributed by atoms with van der Waals surface area (Å²) in [6.07, 6.45) is 5.94. The van der Waals surface area contributed by atoms with E-state index in [1.165, 1.54) is 0 Å². The van der Waals surface area contributed by atoms with Gasteiger partial charge in [0.15, 0.2) is 0 Å². The minimum Gasteiger partial charge on any atom is -0.368 e. The summed E-state index contributed by atoms with van der Waals surface area (Å²) in [6.45, 7) is 7.73. The van der Waals surface area contributed by atoms with Crippen LogP contribution in [0.3, 0.4) is 0 Å². The van der Waals surface area contributed by atoms with Crippen molar-refractivity contribution in [2.24, 2.45) is 13.0 Å². The number of pyridine rings is 1.